The molecule has 0 amide bonds. The lowest BCUT2D eigenvalue weighted by atomic mass is 10.3. The Balaban J connectivity index is 3.09. The van der Waals surface area contributed by atoms with Gasteiger partial charge < -0.3 is 117 Å². The summed E-state index contributed by atoms with van der Waals surface area (Å²) in [5.74, 6) is -4.13. The maximum Gasteiger partial charge on any atom is 0.333 e. The Morgan fingerprint density at radius 1 is 0.160 bits per heavy atom. The molecule has 0 aromatic heterocycles. The molecule has 0 saturated carbocycles. The average Bonchev–Trinajstić information content (AvgIpc) is 0.770. The van der Waals surface area contributed by atoms with Crippen molar-refractivity contribution in [3.05, 3.63) is 97.2 Å². The fraction of sp³-hybridized carbons (Fsp3) is 0.724. The van der Waals surface area contributed by atoms with Crippen molar-refractivity contribution in [3.8, 4) is 0 Å². The lowest BCUT2D eigenvalue weighted by molar-refractivity contribution is -0.141. The predicted octanol–water partition coefficient (Wildman–Crippen LogP) is 15.3. The van der Waals surface area contributed by atoms with Gasteiger partial charge in [-0.2, -0.15) is 0 Å². The van der Waals surface area contributed by atoms with Crippen LogP contribution in [0.3, 0.4) is 0 Å². The molecule has 0 bridgehead atoms. The minimum absolute atomic E-state index is 0.0230. The van der Waals surface area contributed by atoms with Crippen molar-refractivity contribution >= 4 is 133 Å². The van der Waals surface area contributed by atoms with E-state index < -0.39 is 133 Å². The third kappa shape index (κ3) is 55.4. The number of ether oxygens (including phenoxy) is 16. The van der Waals surface area contributed by atoms with Crippen LogP contribution in [0.15, 0.2) is 97.2 Å². The summed E-state index contributed by atoms with van der Waals surface area (Å²) in [7, 11) is -35.4. The molecule has 2 aliphatic rings. The van der Waals surface area contributed by atoms with Crippen molar-refractivity contribution < 1.29 is 155 Å². The highest BCUT2D eigenvalue weighted by Gasteiger charge is 2.59. The van der Waals surface area contributed by atoms with Crippen LogP contribution in [0.5, 0.6) is 0 Å². The molecule has 34 nitrogen and oxygen atoms in total. The van der Waals surface area contributed by atoms with Gasteiger partial charge in [-0.05, 0) is 233 Å². The van der Waals surface area contributed by atoms with Gasteiger partial charge in [-0.3, -0.25) is 0 Å². The molecule has 752 valence electrons. The first-order valence-electron chi connectivity index (χ1n) is 45.6. The molecule has 0 spiro atoms. The molecule has 2 rings (SSSR count). The van der Waals surface area contributed by atoms with Gasteiger partial charge in [0, 0.05) is 97.4 Å². The topological polar surface area (TPSA) is 377 Å². The Morgan fingerprint density at radius 3 is 0.359 bits per heavy atom. The average molecular weight is 2030 g/mol. The van der Waals surface area contributed by atoms with Crippen LogP contribution in [0.1, 0.15) is 126 Å². The molecule has 131 heavy (non-hydrogen) atoms. The van der Waals surface area contributed by atoms with Crippen molar-refractivity contribution in [1.29, 1.82) is 0 Å². The van der Waals surface area contributed by atoms with E-state index >= 15 is 0 Å². The second-order valence-corrected chi connectivity index (χ2v) is 70.8. The summed E-state index contributed by atoms with van der Waals surface area (Å²) < 4.78 is 170. The molecule has 8 unspecified atom stereocenters. The fourth-order valence-electron chi connectivity index (χ4n) is 14.2. The van der Waals surface area contributed by atoms with Crippen LogP contribution in [0, 0.1) is 0 Å². The number of unbranched alkanes of at least 4 members (excludes halogenated alkanes) is 2. The molecule has 2 aliphatic heterocycles. The van der Waals surface area contributed by atoms with E-state index in [0.29, 0.717) is 131 Å². The minimum Gasteiger partial charge on any atom is -0.460 e. The van der Waals surface area contributed by atoms with Crippen LogP contribution < -0.4 is 0 Å². The van der Waals surface area contributed by atoms with Gasteiger partial charge in [-0.15, -0.1) is 0 Å². The number of carbonyl (C=O) groups excluding carboxylic acids is 8. The smallest absolute Gasteiger partial charge is 0.333 e. The summed E-state index contributed by atoms with van der Waals surface area (Å²) in [6.07, 6.45) is 5.78. The van der Waals surface area contributed by atoms with Gasteiger partial charge in [0.2, 0.25) is 0 Å². The molecular formula is C87H160O34Si10. The van der Waals surface area contributed by atoms with Crippen molar-refractivity contribution in [2.45, 2.75) is 252 Å². The summed E-state index contributed by atoms with van der Waals surface area (Å²) in [5, 5.41) is 0. The lowest BCUT2D eigenvalue weighted by Gasteiger charge is -2.50. The van der Waals surface area contributed by atoms with Crippen molar-refractivity contribution in [3.63, 3.8) is 0 Å². The first-order chi connectivity index (χ1) is 61.4. The number of rotatable bonds is 70. The molecule has 0 radical (unpaired) electrons. The SMILES string of the molecule is C=C(C)C(=O)OCCOCCC[Si]1(C)O[Si](C)(CCCCC[Si]2(C)O[Si](C)(CCCOCCOC(=O)C(=C)C)O[Si](C)(CCCOCCOC(=O)C(=C)C)O[Si](C)(CCCOCCOC(=O)C(=C)C)O[Si](C)(CCCOCCOC(=O)C(=C)C)O2)O[Si](C)(CCCOCCOC(=O)C(=C)C)O[Si](C)(CCCOCCOC(=O)C(=C)C)O[Si](C)(CCCOCCOC(=O)C(=C)C)O1. The number of hydrogen-bond acceptors (Lipinski definition) is 34. The van der Waals surface area contributed by atoms with E-state index in [4.69, 9.17) is 117 Å². The number of hydrogen-bond donors (Lipinski definition) is 0. The van der Waals surface area contributed by atoms with Crippen LogP contribution in [0.2, 0.25) is 126 Å². The van der Waals surface area contributed by atoms with Crippen molar-refractivity contribution in [2.75, 3.05) is 159 Å². The lowest BCUT2D eigenvalue weighted by Crippen LogP contribution is -2.67. The summed E-state index contributed by atoms with van der Waals surface area (Å²) in [4.78, 5) is 98.8. The van der Waals surface area contributed by atoms with E-state index in [1.165, 1.54) is 0 Å². The van der Waals surface area contributed by atoms with Gasteiger partial charge in [-0.25, -0.2) is 38.4 Å². The maximum absolute atomic E-state index is 12.4. The Labute approximate surface area is 791 Å². The Morgan fingerprint density at radius 2 is 0.260 bits per heavy atom. The molecule has 2 heterocycles. The van der Waals surface area contributed by atoms with E-state index in [9.17, 15) is 38.4 Å². The molecule has 0 N–H and O–H groups in total. The van der Waals surface area contributed by atoms with Crippen LogP contribution in [0.4, 0.5) is 0 Å². The molecular weight excluding hydrogens is 1870 g/mol. The van der Waals surface area contributed by atoms with Gasteiger partial charge >= 0.3 is 133 Å². The Kier molecular flexibility index (Phi) is 59.3. The van der Waals surface area contributed by atoms with Gasteiger partial charge in [-0.1, -0.05) is 71.9 Å². The van der Waals surface area contributed by atoms with Crippen LogP contribution >= 0.6 is 0 Å². The monoisotopic (exact) mass is 2030 g/mol. The summed E-state index contributed by atoms with van der Waals surface area (Å²) in [6.45, 7) is 66.5. The second kappa shape index (κ2) is 63.6. The van der Waals surface area contributed by atoms with E-state index in [2.05, 4.69) is 118 Å². The first kappa shape index (κ1) is 122. The molecule has 2 fully saturated rings. The number of carbonyl (C=O) groups is 8. The largest absolute Gasteiger partial charge is 0.460 e. The standard InChI is InChI=1S/C87H160O34Si10/c1-72(2)80(88)104-54-46-96-38-30-64-124(19)112-122(17,113-125(20,65-31-39-97-47-55-105-81(89)73(3)4)117-129(24,69-35-43-101-51-59-109-85(93)77(11)12)120-128(23,116-124)68-34-42-100-50-58-108-84(92)76(9)10)62-28-27-29-63-123(18)114-126(21,66-32-40-98-48-56-106-82(90)74(5)6)118-130(25,70-36-44-102-52-60-110-86(94)78(13)14)121-131(26,71-37-45-103-53-61-111-87(95)79(15)16)119-127(22,115-123)67-33-41-99-49-57-107-83(91)75(7)8/h1,3,5,7,9,11,13,15,27-71H2,2,4,6,8,10,12,14,16-26H3. The third-order valence-electron chi connectivity index (χ3n) is 19.9. The van der Waals surface area contributed by atoms with Crippen LogP contribution in [-0.2, 0) is 155 Å². The van der Waals surface area contributed by atoms with E-state index in [1.807, 2.05) is 0 Å². The third-order valence-corrected chi connectivity index (χ3v) is 67.1. The van der Waals surface area contributed by atoms with Gasteiger partial charge in [0.1, 0.15) is 52.9 Å². The summed E-state index contributed by atoms with van der Waals surface area (Å²) in [5.41, 5.74) is 2.18. The Bertz CT molecular complexity index is 3200. The zero-order valence-corrected chi connectivity index (χ0v) is 92.4. The highest BCUT2D eigenvalue weighted by molar-refractivity contribution is 6.95. The molecule has 2 saturated heterocycles. The molecule has 8 atom stereocenters. The number of esters is 8. The molecule has 44 heteroatoms. The minimum atomic E-state index is -3.59. The quantitative estimate of drug-likeness (QED) is 0.0179. The van der Waals surface area contributed by atoms with Gasteiger partial charge in [0.05, 0.1) is 52.9 Å². The molecule has 0 aliphatic carbocycles. The summed E-state index contributed by atoms with van der Waals surface area (Å²) >= 11 is 0. The zero-order valence-electron chi connectivity index (χ0n) is 82.4. The highest BCUT2D eigenvalue weighted by atomic mass is 28.5. The van der Waals surface area contributed by atoms with E-state index in [0.717, 1.165) is 0 Å². The highest BCUT2D eigenvalue weighted by Crippen LogP contribution is 2.43. The van der Waals surface area contributed by atoms with E-state index in [1.54, 1.807) is 55.4 Å². The van der Waals surface area contributed by atoms with Crippen LogP contribution in [-0.4, -0.2) is 292 Å². The first-order valence-corrected chi connectivity index (χ1v) is 70.9. The van der Waals surface area contributed by atoms with Crippen LogP contribution in [0.25, 0.3) is 0 Å². The second-order valence-electron chi connectivity index (χ2n) is 35.0. The predicted molar refractivity (Wildman–Crippen MR) is 519 cm³/mol. The molecule has 0 aromatic carbocycles. The van der Waals surface area contributed by atoms with Crippen molar-refractivity contribution in [2.24, 2.45) is 0 Å². The van der Waals surface area contributed by atoms with Crippen molar-refractivity contribution in [1.82, 2.24) is 0 Å². The summed E-state index contributed by atoms with van der Waals surface area (Å²) in [6, 6.07) is 4.49. The fourth-order valence-corrected chi connectivity index (χ4v) is 72.4. The van der Waals surface area contributed by atoms with Gasteiger partial charge in [0.25, 0.3) is 0 Å². The zero-order chi connectivity index (χ0) is 98.4. The van der Waals surface area contributed by atoms with Gasteiger partial charge in [0.15, 0.2) is 0 Å². The normalized spacial score (nSPS) is 24.7. The Hall–Kier alpha value is -4.87. The molecule has 0 aromatic rings. The maximum atomic E-state index is 12.4. The van der Waals surface area contributed by atoms with E-state index in [-0.39, 0.29) is 203 Å².